The van der Waals surface area contributed by atoms with Gasteiger partial charge in [-0.2, -0.15) is 0 Å². The summed E-state index contributed by atoms with van der Waals surface area (Å²) in [5, 5.41) is 8.45. The van der Waals surface area contributed by atoms with Crippen LogP contribution >= 0.6 is 27.5 Å². The van der Waals surface area contributed by atoms with Gasteiger partial charge in [0.2, 0.25) is 0 Å². The number of benzene rings is 1. The summed E-state index contributed by atoms with van der Waals surface area (Å²) in [6, 6.07) is 1.28. The predicted octanol–water partition coefficient (Wildman–Crippen LogP) is 2.33. The van der Waals surface area contributed by atoms with E-state index in [0.29, 0.717) is 0 Å². The molecule has 76 valence electrons. The van der Waals surface area contributed by atoms with Crippen molar-refractivity contribution in [3.63, 3.8) is 0 Å². The second kappa shape index (κ2) is 4.25. The van der Waals surface area contributed by atoms with Crippen LogP contribution in [0.5, 0.6) is 0 Å². The van der Waals surface area contributed by atoms with Gasteiger partial charge >= 0.3 is 5.97 Å². The third-order valence-corrected chi connectivity index (χ3v) is 2.48. The first-order valence-corrected chi connectivity index (χ1v) is 4.73. The molecule has 0 saturated carbocycles. The summed E-state index contributed by atoms with van der Waals surface area (Å²) in [7, 11) is 0. The van der Waals surface area contributed by atoms with Crippen molar-refractivity contribution in [3.8, 4) is 0 Å². The van der Waals surface area contributed by atoms with Crippen molar-refractivity contribution in [2.75, 3.05) is 0 Å². The van der Waals surface area contributed by atoms with E-state index in [1.54, 1.807) is 0 Å². The topological polar surface area (TPSA) is 63.3 Å². The van der Waals surface area contributed by atoms with E-state index in [1.807, 2.05) is 0 Å². The molecule has 0 amide bonds. The Labute approximate surface area is 92.8 Å². The van der Waals surface area contributed by atoms with Gasteiger partial charge in [-0.3, -0.25) is 4.79 Å². The van der Waals surface area contributed by atoms with E-state index in [0.717, 1.165) is 0 Å². The maximum Gasteiger partial charge on any atom is 0.325 e. The standard InChI is InChI=1S/C8H6BrClFNO2/c9-4-1-3(7(12)8(13)14)2-5(10)6(4)11/h1-2,7H,12H2,(H,13,14). The molecule has 0 spiro atoms. The molecule has 6 heteroatoms. The van der Waals surface area contributed by atoms with Crippen LogP contribution in [-0.2, 0) is 4.79 Å². The molecule has 0 saturated heterocycles. The van der Waals surface area contributed by atoms with Crippen molar-refractivity contribution in [2.24, 2.45) is 5.73 Å². The number of hydrogen-bond acceptors (Lipinski definition) is 2. The molecular weight excluding hydrogens is 276 g/mol. The smallest absolute Gasteiger partial charge is 0.325 e. The van der Waals surface area contributed by atoms with Crippen LogP contribution in [0.4, 0.5) is 4.39 Å². The lowest BCUT2D eigenvalue weighted by Gasteiger charge is -2.08. The molecule has 3 N–H and O–H groups in total. The molecule has 0 fully saturated rings. The average Bonchev–Trinajstić information content (AvgIpc) is 2.12. The molecule has 0 radical (unpaired) electrons. The number of carboxylic acids is 1. The number of nitrogens with two attached hydrogens (primary N) is 1. The highest BCUT2D eigenvalue weighted by atomic mass is 79.9. The number of rotatable bonds is 2. The van der Waals surface area contributed by atoms with Gasteiger partial charge in [0.1, 0.15) is 6.04 Å². The van der Waals surface area contributed by atoms with Crippen LogP contribution < -0.4 is 5.73 Å². The fourth-order valence-corrected chi connectivity index (χ4v) is 1.72. The molecule has 1 aromatic carbocycles. The fraction of sp³-hybridized carbons (Fsp3) is 0.125. The average molecular weight is 282 g/mol. The first-order chi connectivity index (χ1) is 6.43. The van der Waals surface area contributed by atoms with Gasteiger partial charge in [-0.25, -0.2) is 4.39 Å². The first-order valence-electron chi connectivity index (χ1n) is 3.56. The van der Waals surface area contributed by atoms with Gasteiger partial charge in [0.25, 0.3) is 0 Å². The maximum atomic E-state index is 13.0. The van der Waals surface area contributed by atoms with E-state index in [9.17, 15) is 9.18 Å². The molecule has 1 aromatic rings. The number of aliphatic carboxylic acids is 1. The van der Waals surface area contributed by atoms with E-state index in [4.69, 9.17) is 22.4 Å². The van der Waals surface area contributed by atoms with Crippen molar-refractivity contribution < 1.29 is 14.3 Å². The molecule has 0 aliphatic carbocycles. The third-order valence-electron chi connectivity index (χ3n) is 1.63. The lowest BCUT2D eigenvalue weighted by atomic mass is 10.1. The lowest BCUT2D eigenvalue weighted by molar-refractivity contribution is -0.138. The number of carbonyl (C=O) groups is 1. The molecule has 1 unspecified atom stereocenters. The second-order valence-corrected chi connectivity index (χ2v) is 3.88. The van der Waals surface area contributed by atoms with Crippen LogP contribution in [-0.4, -0.2) is 11.1 Å². The molecule has 3 nitrogen and oxygen atoms in total. The summed E-state index contributed by atoms with van der Waals surface area (Å²) in [5.74, 6) is -1.83. The summed E-state index contributed by atoms with van der Waals surface area (Å²) in [4.78, 5) is 10.5. The van der Waals surface area contributed by atoms with E-state index in [1.165, 1.54) is 12.1 Å². The summed E-state index contributed by atoms with van der Waals surface area (Å²) >= 11 is 8.42. The van der Waals surface area contributed by atoms with Gasteiger partial charge in [-0.1, -0.05) is 11.6 Å². The van der Waals surface area contributed by atoms with Gasteiger partial charge < -0.3 is 10.8 Å². The van der Waals surface area contributed by atoms with Crippen LogP contribution in [0.3, 0.4) is 0 Å². The van der Waals surface area contributed by atoms with Gasteiger partial charge in [0, 0.05) is 0 Å². The van der Waals surface area contributed by atoms with E-state index < -0.39 is 17.8 Å². The van der Waals surface area contributed by atoms with Crippen molar-refractivity contribution in [3.05, 3.63) is 33.0 Å². The predicted molar refractivity (Wildman–Crippen MR) is 53.7 cm³/mol. The van der Waals surface area contributed by atoms with E-state index >= 15 is 0 Å². The number of hydrogen-bond donors (Lipinski definition) is 2. The molecule has 1 atom stereocenters. The Morgan fingerprint density at radius 3 is 2.64 bits per heavy atom. The minimum atomic E-state index is -1.20. The monoisotopic (exact) mass is 281 g/mol. The highest BCUT2D eigenvalue weighted by Crippen LogP contribution is 2.27. The van der Waals surface area contributed by atoms with Crippen LogP contribution in [0.15, 0.2) is 16.6 Å². The molecule has 0 aliphatic heterocycles. The van der Waals surface area contributed by atoms with Crippen LogP contribution in [0, 0.1) is 5.82 Å². The Balaban J connectivity index is 3.19. The Kier molecular flexibility index (Phi) is 3.47. The first kappa shape index (κ1) is 11.4. The Morgan fingerprint density at radius 2 is 2.21 bits per heavy atom. The molecule has 0 bridgehead atoms. The molecule has 1 rings (SSSR count). The SMILES string of the molecule is NC(C(=O)O)c1cc(Cl)c(F)c(Br)c1. The molecular formula is C8H6BrClFNO2. The van der Waals surface area contributed by atoms with Crippen molar-refractivity contribution >= 4 is 33.5 Å². The van der Waals surface area contributed by atoms with Gasteiger partial charge in [0.05, 0.1) is 9.50 Å². The molecule has 14 heavy (non-hydrogen) atoms. The zero-order chi connectivity index (χ0) is 10.9. The van der Waals surface area contributed by atoms with Gasteiger partial charge in [0.15, 0.2) is 5.82 Å². The largest absolute Gasteiger partial charge is 0.480 e. The zero-order valence-electron chi connectivity index (χ0n) is 6.80. The zero-order valence-corrected chi connectivity index (χ0v) is 9.14. The van der Waals surface area contributed by atoms with Crippen molar-refractivity contribution in [2.45, 2.75) is 6.04 Å². The molecule has 0 aliphatic rings. The van der Waals surface area contributed by atoms with Crippen molar-refractivity contribution in [1.29, 1.82) is 0 Å². The summed E-state index contributed by atoms with van der Waals surface area (Å²) < 4.78 is 13.1. The highest BCUT2D eigenvalue weighted by Gasteiger charge is 2.17. The van der Waals surface area contributed by atoms with Gasteiger partial charge in [-0.05, 0) is 33.6 Å². The van der Waals surface area contributed by atoms with Crippen molar-refractivity contribution in [1.82, 2.24) is 0 Å². The number of halogens is 3. The van der Waals surface area contributed by atoms with Crippen LogP contribution in [0.25, 0.3) is 0 Å². The quantitative estimate of drug-likeness (QED) is 0.818. The second-order valence-electron chi connectivity index (χ2n) is 2.61. The Bertz CT molecular complexity index is 363. The summed E-state index contributed by atoms with van der Waals surface area (Å²) in [5.41, 5.74) is 5.57. The maximum absolute atomic E-state index is 13.0. The van der Waals surface area contributed by atoms with Crippen LogP contribution in [0.1, 0.15) is 11.6 Å². The Morgan fingerprint density at radius 1 is 1.64 bits per heavy atom. The molecule has 0 aromatic heterocycles. The fourth-order valence-electron chi connectivity index (χ4n) is 0.897. The minimum Gasteiger partial charge on any atom is -0.480 e. The third kappa shape index (κ3) is 2.23. The summed E-state index contributed by atoms with van der Waals surface area (Å²) in [6.07, 6.45) is 0. The van der Waals surface area contributed by atoms with E-state index in [-0.39, 0.29) is 15.1 Å². The highest BCUT2D eigenvalue weighted by molar-refractivity contribution is 9.10. The molecule has 0 heterocycles. The minimum absolute atomic E-state index is 0.0942. The van der Waals surface area contributed by atoms with Crippen LogP contribution in [0.2, 0.25) is 5.02 Å². The van der Waals surface area contributed by atoms with Gasteiger partial charge in [-0.15, -0.1) is 0 Å². The van der Waals surface area contributed by atoms with E-state index in [2.05, 4.69) is 15.9 Å². The lowest BCUT2D eigenvalue weighted by Crippen LogP contribution is -2.20. The normalized spacial score (nSPS) is 12.6. The summed E-state index contributed by atoms with van der Waals surface area (Å²) in [6.45, 7) is 0. The number of carboxylic acid groups (broad SMARTS) is 1. The Hall–Kier alpha value is -0.650.